The number of carbonyl (C=O) groups is 1. The number of hydrogen-bond donors (Lipinski definition) is 0. The van der Waals surface area contributed by atoms with Crippen LogP contribution in [-0.4, -0.2) is 33.9 Å². The summed E-state index contributed by atoms with van der Waals surface area (Å²) >= 11 is 0. The predicted octanol–water partition coefficient (Wildman–Crippen LogP) is 2.45. The molecule has 0 aliphatic rings. The Labute approximate surface area is 123 Å². The van der Waals surface area contributed by atoms with Gasteiger partial charge in [-0.15, -0.1) is 0 Å². The molecular formula is C13H17ClO5S. The number of ether oxygens (including phenoxy) is 2. The van der Waals surface area contributed by atoms with Crippen LogP contribution in [0.3, 0.4) is 0 Å². The van der Waals surface area contributed by atoms with Crippen LogP contribution >= 0.6 is 10.7 Å². The van der Waals surface area contributed by atoms with Crippen molar-refractivity contribution in [2.75, 3.05) is 19.5 Å². The van der Waals surface area contributed by atoms with Gasteiger partial charge in [0, 0.05) is 16.1 Å². The van der Waals surface area contributed by atoms with E-state index in [1.807, 2.05) is 0 Å². The van der Waals surface area contributed by atoms with Crippen LogP contribution in [0.15, 0.2) is 24.3 Å². The molecule has 0 atom stereocenters. The summed E-state index contributed by atoms with van der Waals surface area (Å²) in [6.07, 6.45) is 0. The number of esters is 1. The van der Waals surface area contributed by atoms with Crippen LogP contribution in [-0.2, 0) is 13.8 Å². The summed E-state index contributed by atoms with van der Waals surface area (Å²) in [5, 5.41) is 0. The molecule has 0 amide bonds. The molecule has 0 unspecified atom stereocenters. The van der Waals surface area contributed by atoms with Crippen molar-refractivity contribution >= 4 is 25.7 Å². The topological polar surface area (TPSA) is 69.7 Å². The van der Waals surface area contributed by atoms with Crippen LogP contribution in [0.2, 0.25) is 0 Å². The number of methoxy groups -OCH3 is 1. The number of hydrogen-bond acceptors (Lipinski definition) is 5. The van der Waals surface area contributed by atoms with Crippen molar-refractivity contribution < 1.29 is 22.7 Å². The van der Waals surface area contributed by atoms with E-state index in [4.69, 9.17) is 15.4 Å². The Balaban J connectivity index is 2.64. The Bertz CT molecular complexity index is 563. The maximum absolute atomic E-state index is 11.3. The molecule has 0 saturated carbocycles. The zero-order valence-electron chi connectivity index (χ0n) is 11.6. The Morgan fingerprint density at radius 1 is 1.25 bits per heavy atom. The molecule has 0 aliphatic carbocycles. The molecule has 0 aromatic heterocycles. The molecule has 112 valence electrons. The van der Waals surface area contributed by atoms with E-state index in [1.54, 1.807) is 38.1 Å². The van der Waals surface area contributed by atoms with Crippen LogP contribution in [0.1, 0.15) is 24.2 Å². The summed E-state index contributed by atoms with van der Waals surface area (Å²) in [5.74, 6) is -0.0651. The predicted molar refractivity (Wildman–Crippen MR) is 76.7 cm³/mol. The van der Waals surface area contributed by atoms with E-state index in [0.29, 0.717) is 11.3 Å². The highest BCUT2D eigenvalue weighted by Crippen LogP contribution is 2.22. The Kier molecular flexibility index (Phi) is 5.42. The van der Waals surface area contributed by atoms with Gasteiger partial charge < -0.3 is 9.47 Å². The maximum atomic E-state index is 11.3. The minimum atomic E-state index is -3.58. The fourth-order valence-corrected chi connectivity index (χ4v) is 3.50. The molecule has 20 heavy (non-hydrogen) atoms. The lowest BCUT2D eigenvalue weighted by atomic mass is 9.98. The van der Waals surface area contributed by atoms with E-state index in [2.05, 4.69) is 4.74 Å². The smallest absolute Gasteiger partial charge is 0.337 e. The second kappa shape index (κ2) is 6.45. The van der Waals surface area contributed by atoms with E-state index < -0.39 is 20.4 Å². The van der Waals surface area contributed by atoms with Gasteiger partial charge in [0.05, 0.1) is 25.0 Å². The van der Waals surface area contributed by atoms with Gasteiger partial charge in [-0.3, -0.25) is 0 Å². The third-order valence-corrected chi connectivity index (χ3v) is 3.92. The quantitative estimate of drug-likeness (QED) is 0.595. The molecule has 0 aliphatic heterocycles. The van der Waals surface area contributed by atoms with Gasteiger partial charge in [0.15, 0.2) is 0 Å². The lowest BCUT2D eigenvalue weighted by molar-refractivity contribution is 0.0600. The number of rotatable bonds is 6. The van der Waals surface area contributed by atoms with Crippen LogP contribution in [0.5, 0.6) is 5.75 Å². The third kappa shape index (κ3) is 5.79. The summed E-state index contributed by atoms with van der Waals surface area (Å²) in [6.45, 7) is 3.68. The zero-order valence-corrected chi connectivity index (χ0v) is 13.1. The molecular weight excluding hydrogens is 304 g/mol. The number of carbonyl (C=O) groups excluding carboxylic acids is 1. The highest BCUT2D eigenvalue weighted by atomic mass is 35.7. The Morgan fingerprint density at radius 2 is 1.80 bits per heavy atom. The van der Waals surface area contributed by atoms with Crippen molar-refractivity contribution in [1.29, 1.82) is 0 Å². The third-order valence-electron chi connectivity index (χ3n) is 2.47. The molecule has 0 radical (unpaired) electrons. The number of halogens is 1. The molecule has 0 N–H and O–H groups in total. The van der Waals surface area contributed by atoms with Crippen LogP contribution in [0.25, 0.3) is 0 Å². The highest BCUT2D eigenvalue weighted by Gasteiger charge is 2.25. The summed E-state index contributed by atoms with van der Waals surface area (Å²) in [7, 11) is 2.97. The molecule has 0 fully saturated rings. The fraction of sp³-hybridized carbons (Fsp3) is 0.462. The Morgan fingerprint density at radius 3 is 2.25 bits per heavy atom. The van der Waals surface area contributed by atoms with Crippen molar-refractivity contribution in [3.05, 3.63) is 29.8 Å². The van der Waals surface area contributed by atoms with Crippen LogP contribution < -0.4 is 4.74 Å². The van der Waals surface area contributed by atoms with E-state index in [0.717, 1.165) is 0 Å². The fourth-order valence-electron chi connectivity index (χ4n) is 1.59. The van der Waals surface area contributed by atoms with Gasteiger partial charge in [0.1, 0.15) is 5.75 Å². The highest BCUT2D eigenvalue weighted by molar-refractivity contribution is 8.13. The molecule has 0 saturated heterocycles. The monoisotopic (exact) mass is 320 g/mol. The SMILES string of the molecule is COC(=O)c1ccc(OCC(C)(C)CS(=O)(=O)Cl)cc1. The van der Waals surface area contributed by atoms with Crippen LogP contribution in [0, 0.1) is 5.41 Å². The first-order valence-corrected chi connectivity index (χ1v) is 8.34. The lowest BCUT2D eigenvalue weighted by Gasteiger charge is -2.23. The normalized spacial score (nSPS) is 12.0. The molecule has 5 nitrogen and oxygen atoms in total. The van der Waals surface area contributed by atoms with Gasteiger partial charge in [-0.2, -0.15) is 0 Å². The second-order valence-electron chi connectivity index (χ2n) is 5.15. The molecule has 0 heterocycles. The van der Waals surface area contributed by atoms with E-state index in [1.165, 1.54) is 7.11 Å². The average molecular weight is 321 g/mol. The minimum Gasteiger partial charge on any atom is -0.493 e. The van der Waals surface area contributed by atoms with Gasteiger partial charge >= 0.3 is 5.97 Å². The second-order valence-corrected chi connectivity index (χ2v) is 7.93. The zero-order chi connectivity index (χ0) is 15.4. The van der Waals surface area contributed by atoms with Gasteiger partial charge in [-0.25, -0.2) is 13.2 Å². The molecule has 7 heteroatoms. The first-order valence-electron chi connectivity index (χ1n) is 5.86. The van der Waals surface area contributed by atoms with Crippen molar-refractivity contribution in [3.8, 4) is 5.75 Å². The first-order chi connectivity index (χ1) is 9.13. The molecule has 1 aromatic carbocycles. The average Bonchev–Trinajstić information content (AvgIpc) is 2.33. The summed E-state index contributed by atoms with van der Waals surface area (Å²) in [5.41, 5.74) is -0.191. The summed E-state index contributed by atoms with van der Waals surface area (Å²) < 4.78 is 32.2. The van der Waals surface area contributed by atoms with Crippen molar-refractivity contribution in [2.45, 2.75) is 13.8 Å². The molecule has 0 bridgehead atoms. The Hall–Kier alpha value is -1.27. The molecule has 1 aromatic rings. The number of benzene rings is 1. The maximum Gasteiger partial charge on any atom is 0.337 e. The van der Waals surface area contributed by atoms with E-state index >= 15 is 0 Å². The van der Waals surface area contributed by atoms with E-state index in [9.17, 15) is 13.2 Å². The van der Waals surface area contributed by atoms with Crippen LogP contribution in [0.4, 0.5) is 0 Å². The first kappa shape index (κ1) is 16.8. The van der Waals surface area contributed by atoms with Gasteiger partial charge in [0.25, 0.3) is 0 Å². The van der Waals surface area contributed by atoms with Gasteiger partial charge in [-0.05, 0) is 24.3 Å². The minimum absolute atomic E-state index is 0.179. The largest absolute Gasteiger partial charge is 0.493 e. The molecule has 1 rings (SSSR count). The van der Waals surface area contributed by atoms with Crippen molar-refractivity contribution in [2.24, 2.45) is 5.41 Å². The van der Waals surface area contributed by atoms with Gasteiger partial charge in [0.2, 0.25) is 9.05 Å². The van der Waals surface area contributed by atoms with Crippen molar-refractivity contribution in [3.63, 3.8) is 0 Å². The van der Waals surface area contributed by atoms with Gasteiger partial charge in [-0.1, -0.05) is 13.8 Å². The van der Waals surface area contributed by atoms with Crippen molar-refractivity contribution in [1.82, 2.24) is 0 Å². The molecule has 0 spiro atoms. The summed E-state index contributed by atoms with van der Waals surface area (Å²) in [4.78, 5) is 11.3. The summed E-state index contributed by atoms with van der Waals surface area (Å²) in [6, 6.07) is 6.40. The lowest BCUT2D eigenvalue weighted by Crippen LogP contribution is -2.28. The standard InChI is InChI=1S/C13H17ClO5S/c1-13(2,9-20(14,16)17)8-19-11-6-4-10(5-7-11)12(15)18-3/h4-7H,8-9H2,1-3H3. The van der Waals surface area contributed by atoms with E-state index in [-0.39, 0.29) is 12.4 Å².